The number of hydrogen-bond acceptors (Lipinski definition) is 6. The first kappa shape index (κ1) is 23.2. The number of fused-ring (bicyclic) bond motifs is 2. The quantitative estimate of drug-likeness (QED) is 0.278. The first-order chi connectivity index (χ1) is 16.9. The lowest BCUT2D eigenvalue weighted by atomic mass is 9.96. The summed E-state index contributed by atoms with van der Waals surface area (Å²) in [6, 6.07) is 21.3. The van der Waals surface area contributed by atoms with E-state index >= 15 is 0 Å². The molecule has 4 N–H and O–H groups in total. The Morgan fingerprint density at radius 1 is 1.20 bits per heavy atom. The van der Waals surface area contributed by atoms with Crippen LogP contribution in [0.15, 0.2) is 72.3 Å². The van der Waals surface area contributed by atoms with Gasteiger partial charge in [0.2, 0.25) is 12.2 Å². The highest BCUT2D eigenvalue weighted by Crippen LogP contribution is 2.38. The zero-order valence-electron chi connectivity index (χ0n) is 18.9. The van der Waals surface area contributed by atoms with Gasteiger partial charge in [-0.15, -0.1) is 0 Å². The van der Waals surface area contributed by atoms with Crippen LogP contribution in [0.2, 0.25) is 0 Å². The zero-order valence-corrected chi connectivity index (χ0v) is 21.0. The number of ether oxygens (including phenoxy) is 2. The molecule has 1 atom stereocenters. The number of allylic oxidation sites excluding steroid dienone is 1. The molecule has 178 valence electrons. The molecule has 1 aromatic heterocycles. The Hall–Kier alpha value is -3.57. The van der Waals surface area contributed by atoms with Crippen molar-refractivity contribution in [2.24, 2.45) is 5.73 Å². The first-order valence-electron chi connectivity index (χ1n) is 11.0. The van der Waals surface area contributed by atoms with Gasteiger partial charge >= 0.3 is 0 Å². The molecule has 1 unspecified atom stereocenters. The van der Waals surface area contributed by atoms with Crippen LogP contribution in [0.25, 0.3) is 16.6 Å². The van der Waals surface area contributed by atoms with Crippen LogP contribution in [0, 0.1) is 3.57 Å². The number of nitrogens with zero attached hydrogens (tertiary/aromatic N) is 2. The van der Waals surface area contributed by atoms with Gasteiger partial charge in [0.1, 0.15) is 18.1 Å². The van der Waals surface area contributed by atoms with Crippen LogP contribution < -0.4 is 20.5 Å². The predicted octanol–water partition coefficient (Wildman–Crippen LogP) is 4.43. The van der Waals surface area contributed by atoms with Crippen molar-refractivity contribution in [3.63, 3.8) is 0 Å². The van der Waals surface area contributed by atoms with Gasteiger partial charge in [0.15, 0.2) is 0 Å². The molecule has 0 saturated carbocycles. The third-order valence-electron chi connectivity index (χ3n) is 5.84. The number of benzene rings is 3. The molecule has 1 amide bonds. The van der Waals surface area contributed by atoms with Crippen LogP contribution in [-0.2, 0) is 11.3 Å². The smallest absolute Gasteiger partial charge is 0.251 e. The SMILES string of the molecule is CC1=C(C(N)=O)C(O)Oc2cc3c(cc21)nc(Nc1ccc(I)cc1)n3CCOc1ccccc1. The molecule has 1 aliphatic heterocycles. The van der Waals surface area contributed by atoms with Gasteiger partial charge in [-0.05, 0) is 77.6 Å². The van der Waals surface area contributed by atoms with E-state index in [1.807, 2.05) is 71.3 Å². The van der Waals surface area contributed by atoms with Crippen molar-refractivity contribution in [2.75, 3.05) is 11.9 Å². The Kier molecular flexibility index (Phi) is 6.35. The average molecular weight is 582 g/mol. The molecule has 5 rings (SSSR count). The van der Waals surface area contributed by atoms with Gasteiger partial charge in [-0.1, -0.05) is 18.2 Å². The number of carbonyl (C=O) groups is 1. The van der Waals surface area contributed by atoms with Gasteiger partial charge in [0.25, 0.3) is 5.91 Å². The summed E-state index contributed by atoms with van der Waals surface area (Å²) in [6.45, 7) is 2.68. The highest BCUT2D eigenvalue weighted by atomic mass is 127. The van der Waals surface area contributed by atoms with Crippen molar-refractivity contribution >= 4 is 56.7 Å². The number of carbonyl (C=O) groups excluding carboxylic acids is 1. The molecular formula is C26H23IN4O4. The van der Waals surface area contributed by atoms with Crippen LogP contribution in [0.5, 0.6) is 11.5 Å². The van der Waals surface area contributed by atoms with Crippen LogP contribution in [-0.4, -0.2) is 33.5 Å². The number of rotatable bonds is 7. The lowest BCUT2D eigenvalue weighted by Crippen LogP contribution is -2.32. The van der Waals surface area contributed by atoms with Crippen LogP contribution in [0.3, 0.4) is 0 Å². The summed E-state index contributed by atoms with van der Waals surface area (Å²) in [7, 11) is 0. The molecule has 0 radical (unpaired) electrons. The van der Waals surface area contributed by atoms with Gasteiger partial charge in [-0.2, -0.15) is 0 Å². The number of nitrogens with two attached hydrogens (primary N) is 1. The number of aliphatic hydroxyl groups is 1. The number of aliphatic hydroxyl groups excluding tert-OH is 1. The van der Waals surface area contributed by atoms with Crippen LogP contribution in [0.1, 0.15) is 12.5 Å². The second kappa shape index (κ2) is 9.59. The number of anilines is 2. The summed E-state index contributed by atoms with van der Waals surface area (Å²) in [6.07, 6.45) is -1.42. The van der Waals surface area contributed by atoms with Crippen molar-refractivity contribution in [1.29, 1.82) is 0 Å². The van der Waals surface area contributed by atoms with E-state index in [1.165, 1.54) is 0 Å². The third kappa shape index (κ3) is 4.69. The Bertz CT molecular complexity index is 1430. The second-order valence-electron chi connectivity index (χ2n) is 8.09. The van der Waals surface area contributed by atoms with Gasteiger partial charge < -0.3 is 30.2 Å². The summed E-state index contributed by atoms with van der Waals surface area (Å²) in [4.78, 5) is 16.7. The molecule has 35 heavy (non-hydrogen) atoms. The van der Waals surface area contributed by atoms with E-state index in [1.54, 1.807) is 6.92 Å². The molecule has 0 bridgehead atoms. The fourth-order valence-corrected chi connectivity index (χ4v) is 4.47. The van der Waals surface area contributed by atoms with Crippen molar-refractivity contribution in [2.45, 2.75) is 19.8 Å². The molecule has 0 aliphatic carbocycles. The zero-order chi connectivity index (χ0) is 24.5. The van der Waals surface area contributed by atoms with E-state index in [4.69, 9.17) is 20.2 Å². The van der Waals surface area contributed by atoms with Crippen molar-refractivity contribution in [3.8, 4) is 11.5 Å². The number of halogens is 1. The largest absolute Gasteiger partial charge is 0.492 e. The summed E-state index contributed by atoms with van der Waals surface area (Å²) < 4.78 is 14.7. The van der Waals surface area contributed by atoms with E-state index < -0.39 is 12.2 Å². The van der Waals surface area contributed by atoms with Gasteiger partial charge in [-0.25, -0.2) is 4.98 Å². The molecule has 3 aromatic carbocycles. The number of amides is 1. The van der Waals surface area contributed by atoms with E-state index in [9.17, 15) is 9.90 Å². The summed E-state index contributed by atoms with van der Waals surface area (Å²) in [5, 5.41) is 13.7. The highest BCUT2D eigenvalue weighted by molar-refractivity contribution is 14.1. The number of primary amides is 1. The molecule has 0 spiro atoms. The number of aromatic nitrogens is 2. The Labute approximate surface area is 215 Å². The van der Waals surface area contributed by atoms with Crippen LogP contribution >= 0.6 is 22.6 Å². The Morgan fingerprint density at radius 3 is 2.66 bits per heavy atom. The number of imidazole rings is 1. The van der Waals surface area contributed by atoms with E-state index in [0.717, 1.165) is 20.5 Å². The molecule has 0 fully saturated rings. The normalized spacial score (nSPS) is 15.0. The van der Waals surface area contributed by atoms with Crippen LogP contribution in [0.4, 0.5) is 11.6 Å². The number of para-hydroxylation sites is 1. The molecular weight excluding hydrogens is 559 g/mol. The Balaban J connectivity index is 1.55. The van der Waals surface area contributed by atoms with Gasteiger partial charge in [-0.3, -0.25) is 4.79 Å². The van der Waals surface area contributed by atoms with Gasteiger partial charge in [0.05, 0.1) is 23.2 Å². The fraction of sp³-hybridized carbons (Fsp3) is 0.154. The van der Waals surface area contributed by atoms with E-state index in [-0.39, 0.29) is 5.57 Å². The lowest BCUT2D eigenvalue weighted by molar-refractivity contribution is -0.117. The fourth-order valence-electron chi connectivity index (χ4n) is 4.11. The lowest BCUT2D eigenvalue weighted by Gasteiger charge is -2.25. The minimum Gasteiger partial charge on any atom is -0.492 e. The minimum atomic E-state index is -1.42. The summed E-state index contributed by atoms with van der Waals surface area (Å²) in [5.41, 5.74) is 9.16. The average Bonchev–Trinajstić information content (AvgIpc) is 3.16. The highest BCUT2D eigenvalue weighted by Gasteiger charge is 2.29. The molecule has 1 aliphatic rings. The first-order valence-corrected chi connectivity index (χ1v) is 12.1. The van der Waals surface area contributed by atoms with E-state index in [0.29, 0.717) is 41.5 Å². The monoisotopic (exact) mass is 582 g/mol. The molecule has 9 heteroatoms. The summed E-state index contributed by atoms with van der Waals surface area (Å²) in [5.74, 6) is 1.16. The molecule has 8 nitrogen and oxygen atoms in total. The number of hydrogen-bond donors (Lipinski definition) is 3. The third-order valence-corrected chi connectivity index (χ3v) is 6.55. The summed E-state index contributed by atoms with van der Waals surface area (Å²) >= 11 is 2.26. The predicted molar refractivity (Wildman–Crippen MR) is 143 cm³/mol. The maximum absolute atomic E-state index is 11.8. The molecule has 2 heterocycles. The molecule has 4 aromatic rings. The van der Waals surface area contributed by atoms with Crippen molar-refractivity contribution in [3.05, 3.63) is 81.4 Å². The maximum atomic E-state index is 11.8. The maximum Gasteiger partial charge on any atom is 0.251 e. The van der Waals surface area contributed by atoms with Crippen molar-refractivity contribution < 1.29 is 19.4 Å². The van der Waals surface area contributed by atoms with Crippen molar-refractivity contribution in [1.82, 2.24) is 9.55 Å². The Morgan fingerprint density at radius 2 is 1.94 bits per heavy atom. The molecule has 0 saturated heterocycles. The minimum absolute atomic E-state index is 0.0461. The topological polar surface area (TPSA) is 112 Å². The van der Waals surface area contributed by atoms with E-state index in [2.05, 4.69) is 27.9 Å². The standard InChI is InChI=1S/C26H23IN4O4/c1-15-19-13-20-21(14-22(19)35-25(33)23(15)24(28)32)31(11-12-34-18-5-3-2-4-6-18)26(30-20)29-17-9-7-16(27)8-10-17/h2-10,13-14,25,33H,11-12H2,1H3,(H2,28,32)(H,29,30). The number of nitrogens with one attached hydrogen (secondary N) is 1. The van der Waals surface area contributed by atoms with Gasteiger partial charge in [0, 0.05) is 20.9 Å². The second-order valence-corrected chi connectivity index (χ2v) is 9.34.